The summed E-state index contributed by atoms with van der Waals surface area (Å²) in [7, 11) is 0. The molecule has 1 aromatic heterocycles. The number of nitriles is 1. The van der Waals surface area contributed by atoms with Crippen molar-refractivity contribution in [2.45, 2.75) is 32.7 Å². The minimum Gasteiger partial charge on any atom is -0.346 e. The highest BCUT2D eigenvalue weighted by atomic mass is 16.1. The molecule has 0 saturated carbocycles. The van der Waals surface area contributed by atoms with Crippen LogP contribution in [0.3, 0.4) is 0 Å². The van der Waals surface area contributed by atoms with Crippen LogP contribution in [-0.2, 0) is 11.2 Å². The van der Waals surface area contributed by atoms with E-state index in [1.54, 1.807) is 12.1 Å². The fourth-order valence-electron chi connectivity index (χ4n) is 2.92. The molecule has 0 bridgehead atoms. The van der Waals surface area contributed by atoms with Gasteiger partial charge in [0.1, 0.15) is 5.82 Å². The number of benzene rings is 2. The SMILES string of the molecule is CC(C)C(NC(=O)CCc1ccc(C#N)cc1)c1nc2ccccc2[nH]1. The lowest BCUT2D eigenvalue weighted by molar-refractivity contribution is -0.122. The first-order valence-corrected chi connectivity index (χ1v) is 8.80. The van der Waals surface area contributed by atoms with E-state index >= 15 is 0 Å². The third kappa shape index (κ3) is 4.09. The number of nitrogens with one attached hydrogen (secondary N) is 2. The van der Waals surface area contributed by atoms with Crippen LogP contribution in [-0.4, -0.2) is 15.9 Å². The van der Waals surface area contributed by atoms with E-state index in [0.29, 0.717) is 18.4 Å². The highest BCUT2D eigenvalue weighted by molar-refractivity contribution is 5.77. The maximum atomic E-state index is 12.4. The van der Waals surface area contributed by atoms with Gasteiger partial charge in [-0.2, -0.15) is 5.26 Å². The van der Waals surface area contributed by atoms with E-state index in [0.717, 1.165) is 22.4 Å². The zero-order chi connectivity index (χ0) is 18.5. The van der Waals surface area contributed by atoms with Crippen LogP contribution >= 0.6 is 0 Å². The molecular formula is C21H22N4O. The van der Waals surface area contributed by atoms with E-state index in [-0.39, 0.29) is 17.9 Å². The summed E-state index contributed by atoms with van der Waals surface area (Å²) >= 11 is 0. The molecule has 3 aromatic rings. The molecule has 1 atom stereocenters. The molecule has 2 N–H and O–H groups in total. The molecule has 132 valence electrons. The van der Waals surface area contributed by atoms with Gasteiger partial charge in [-0.25, -0.2) is 4.98 Å². The van der Waals surface area contributed by atoms with Crippen molar-refractivity contribution >= 4 is 16.9 Å². The second-order valence-corrected chi connectivity index (χ2v) is 6.74. The maximum absolute atomic E-state index is 12.4. The maximum Gasteiger partial charge on any atom is 0.220 e. The van der Waals surface area contributed by atoms with Crippen LogP contribution in [0.1, 0.15) is 43.3 Å². The first-order valence-electron chi connectivity index (χ1n) is 8.80. The standard InChI is InChI=1S/C21H22N4O/c1-14(2)20(21-23-17-5-3-4-6-18(17)24-21)25-19(26)12-11-15-7-9-16(13-22)10-8-15/h3-10,14,20H,11-12H2,1-2H3,(H,23,24)(H,25,26). The van der Waals surface area contributed by atoms with Crippen LogP contribution in [0.25, 0.3) is 11.0 Å². The highest BCUT2D eigenvalue weighted by Gasteiger charge is 2.21. The van der Waals surface area contributed by atoms with Crippen LogP contribution in [0.4, 0.5) is 0 Å². The summed E-state index contributed by atoms with van der Waals surface area (Å²) in [6.45, 7) is 4.14. The van der Waals surface area contributed by atoms with Crippen molar-refractivity contribution in [3.8, 4) is 6.07 Å². The predicted molar refractivity (Wildman–Crippen MR) is 101 cm³/mol. The Kier molecular flexibility index (Phi) is 5.33. The van der Waals surface area contributed by atoms with E-state index in [1.807, 2.05) is 36.4 Å². The lowest BCUT2D eigenvalue weighted by Gasteiger charge is -2.20. The van der Waals surface area contributed by atoms with Gasteiger partial charge in [0.15, 0.2) is 0 Å². The number of carbonyl (C=O) groups is 1. The second kappa shape index (κ2) is 7.83. The highest BCUT2D eigenvalue weighted by Crippen LogP contribution is 2.22. The molecule has 0 aliphatic carbocycles. The molecule has 0 fully saturated rings. The van der Waals surface area contributed by atoms with Gasteiger partial charge in [-0.15, -0.1) is 0 Å². The van der Waals surface area contributed by atoms with Crippen LogP contribution in [0.15, 0.2) is 48.5 Å². The van der Waals surface area contributed by atoms with E-state index in [2.05, 4.69) is 35.2 Å². The van der Waals surface area contributed by atoms with Crippen molar-refractivity contribution in [1.29, 1.82) is 5.26 Å². The van der Waals surface area contributed by atoms with Crippen molar-refractivity contribution in [2.24, 2.45) is 5.92 Å². The smallest absolute Gasteiger partial charge is 0.220 e. The van der Waals surface area contributed by atoms with Crippen molar-refractivity contribution < 1.29 is 4.79 Å². The fourth-order valence-corrected chi connectivity index (χ4v) is 2.92. The molecule has 1 amide bonds. The quantitative estimate of drug-likeness (QED) is 0.710. The molecule has 0 saturated heterocycles. The Balaban J connectivity index is 1.65. The van der Waals surface area contributed by atoms with Gasteiger partial charge < -0.3 is 10.3 Å². The van der Waals surface area contributed by atoms with Crippen molar-refractivity contribution in [3.63, 3.8) is 0 Å². The first kappa shape index (κ1) is 17.7. The number of aromatic amines is 1. The number of para-hydroxylation sites is 2. The topological polar surface area (TPSA) is 81.6 Å². The number of amides is 1. The minimum absolute atomic E-state index is 0.00600. The van der Waals surface area contributed by atoms with E-state index in [4.69, 9.17) is 5.26 Å². The van der Waals surface area contributed by atoms with Crippen LogP contribution in [0, 0.1) is 17.2 Å². The van der Waals surface area contributed by atoms with Crippen LogP contribution < -0.4 is 5.32 Å². The van der Waals surface area contributed by atoms with Gasteiger partial charge in [-0.3, -0.25) is 4.79 Å². The molecule has 0 radical (unpaired) electrons. The molecule has 2 aromatic carbocycles. The number of imidazole rings is 1. The van der Waals surface area contributed by atoms with Crippen LogP contribution in [0.2, 0.25) is 0 Å². The third-order valence-electron chi connectivity index (χ3n) is 4.41. The number of rotatable bonds is 6. The Morgan fingerprint density at radius 3 is 2.58 bits per heavy atom. The summed E-state index contributed by atoms with van der Waals surface area (Å²) in [6.07, 6.45) is 1.04. The first-order chi connectivity index (χ1) is 12.6. The normalized spacial score (nSPS) is 12.1. The molecule has 0 spiro atoms. The van der Waals surface area contributed by atoms with Crippen molar-refractivity contribution in [2.75, 3.05) is 0 Å². The average molecular weight is 346 g/mol. The van der Waals surface area contributed by atoms with Crippen molar-refractivity contribution in [3.05, 3.63) is 65.5 Å². The molecule has 0 aliphatic rings. The van der Waals surface area contributed by atoms with Crippen LogP contribution in [0.5, 0.6) is 0 Å². The van der Waals surface area contributed by atoms with E-state index < -0.39 is 0 Å². The Morgan fingerprint density at radius 2 is 1.92 bits per heavy atom. The molecule has 1 unspecified atom stereocenters. The van der Waals surface area contributed by atoms with Gasteiger partial charge in [0, 0.05) is 6.42 Å². The van der Waals surface area contributed by atoms with Crippen molar-refractivity contribution in [1.82, 2.24) is 15.3 Å². The van der Waals surface area contributed by atoms with Gasteiger partial charge >= 0.3 is 0 Å². The molecule has 0 aliphatic heterocycles. The third-order valence-corrected chi connectivity index (χ3v) is 4.41. The lowest BCUT2D eigenvalue weighted by Crippen LogP contribution is -2.32. The lowest BCUT2D eigenvalue weighted by atomic mass is 10.0. The average Bonchev–Trinajstić information content (AvgIpc) is 3.08. The van der Waals surface area contributed by atoms with Gasteiger partial charge in [0.25, 0.3) is 0 Å². The number of nitrogens with zero attached hydrogens (tertiary/aromatic N) is 2. The summed E-state index contributed by atoms with van der Waals surface area (Å²) in [5.41, 5.74) is 3.55. The number of hydrogen-bond acceptors (Lipinski definition) is 3. The second-order valence-electron chi connectivity index (χ2n) is 6.74. The molecule has 1 heterocycles. The Hall–Kier alpha value is -3.13. The predicted octanol–water partition coefficient (Wildman–Crippen LogP) is 3.88. The zero-order valence-corrected chi connectivity index (χ0v) is 15.0. The molecular weight excluding hydrogens is 324 g/mol. The Morgan fingerprint density at radius 1 is 1.19 bits per heavy atom. The Labute approximate surface area is 153 Å². The zero-order valence-electron chi connectivity index (χ0n) is 15.0. The molecule has 26 heavy (non-hydrogen) atoms. The fraction of sp³-hybridized carbons (Fsp3) is 0.286. The van der Waals surface area contributed by atoms with Gasteiger partial charge in [0.2, 0.25) is 5.91 Å². The number of H-pyrrole nitrogens is 1. The minimum atomic E-state index is -0.157. The van der Waals surface area contributed by atoms with E-state index in [9.17, 15) is 4.79 Å². The summed E-state index contributed by atoms with van der Waals surface area (Å²) in [5.74, 6) is 0.996. The molecule has 5 heteroatoms. The number of carbonyl (C=O) groups excluding carboxylic acids is 1. The van der Waals surface area contributed by atoms with Gasteiger partial charge in [-0.1, -0.05) is 38.1 Å². The Bertz CT molecular complexity index is 902. The number of fused-ring (bicyclic) bond motifs is 1. The number of aryl methyl sites for hydroxylation is 1. The molecule has 3 rings (SSSR count). The van der Waals surface area contributed by atoms with Gasteiger partial charge in [0.05, 0.1) is 28.7 Å². The summed E-state index contributed by atoms with van der Waals surface area (Å²) < 4.78 is 0. The number of hydrogen-bond donors (Lipinski definition) is 2. The summed E-state index contributed by atoms with van der Waals surface area (Å²) in [4.78, 5) is 20.4. The summed E-state index contributed by atoms with van der Waals surface area (Å²) in [5, 5.41) is 11.9. The largest absolute Gasteiger partial charge is 0.346 e. The number of aromatic nitrogens is 2. The van der Waals surface area contributed by atoms with E-state index in [1.165, 1.54) is 0 Å². The van der Waals surface area contributed by atoms with Gasteiger partial charge in [-0.05, 0) is 42.2 Å². The summed E-state index contributed by atoms with van der Waals surface area (Å²) in [6, 6.07) is 17.1. The monoisotopic (exact) mass is 346 g/mol. The molecule has 5 nitrogen and oxygen atoms in total.